The van der Waals surface area contributed by atoms with Gasteiger partial charge in [-0.25, -0.2) is 9.59 Å². The first-order valence-electron chi connectivity index (χ1n) is 6.41. The maximum absolute atomic E-state index is 11.5. The zero-order valence-electron chi connectivity index (χ0n) is 11.9. The number of carbonyl (C=O) groups excluding carboxylic acids is 1. The Morgan fingerprint density at radius 3 is 2.06 bits per heavy atom. The van der Waals surface area contributed by atoms with Gasteiger partial charge in [0.15, 0.2) is 0 Å². The van der Waals surface area contributed by atoms with Gasteiger partial charge in [0.2, 0.25) is 0 Å². The summed E-state index contributed by atoms with van der Waals surface area (Å²) >= 11 is 0. The third-order valence-corrected chi connectivity index (χ3v) is 2.71. The molecule has 106 valence electrons. The highest BCUT2D eigenvalue weighted by molar-refractivity contribution is 5.79. The molecule has 0 saturated heterocycles. The molecule has 2 N–H and O–H groups in total. The average molecular weight is 259 g/mol. The van der Waals surface area contributed by atoms with E-state index in [0.717, 1.165) is 12.8 Å². The van der Waals surface area contributed by atoms with Crippen LogP contribution in [0.1, 0.15) is 53.9 Å². The second-order valence-electron chi connectivity index (χ2n) is 5.46. The summed E-state index contributed by atoms with van der Waals surface area (Å²) in [5, 5.41) is 11.5. The van der Waals surface area contributed by atoms with Crippen molar-refractivity contribution in [2.45, 2.75) is 65.5 Å². The summed E-state index contributed by atoms with van der Waals surface area (Å²) in [6.07, 6.45) is 1.55. The zero-order valence-corrected chi connectivity index (χ0v) is 11.9. The molecular weight excluding hydrogens is 234 g/mol. The maximum Gasteiger partial charge on any atom is 0.408 e. The molecule has 0 radical (unpaired) electrons. The fraction of sp³-hybridized carbons (Fsp3) is 0.846. The van der Waals surface area contributed by atoms with E-state index in [2.05, 4.69) is 5.32 Å². The van der Waals surface area contributed by atoms with Crippen molar-refractivity contribution in [3.63, 3.8) is 0 Å². The van der Waals surface area contributed by atoms with E-state index in [4.69, 9.17) is 9.84 Å². The second-order valence-corrected chi connectivity index (χ2v) is 5.46. The SMILES string of the molecule is CCC(CC)C[C@@H](NC(=O)OC(C)(C)C)C(=O)O. The van der Waals surface area contributed by atoms with Crippen LogP contribution >= 0.6 is 0 Å². The van der Waals surface area contributed by atoms with Crippen LogP contribution in [0, 0.1) is 5.92 Å². The third-order valence-electron chi connectivity index (χ3n) is 2.71. The number of carbonyl (C=O) groups is 2. The molecule has 1 atom stereocenters. The van der Waals surface area contributed by atoms with E-state index in [1.807, 2.05) is 13.8 Å². The molecule has 0 aromatic carbocycles. The van der Waals surface area contributed by atoms with Crippen molar-refractivity contribution < 1.29 is 19.4 Å². The summed E-state index contributed by atoms with van der Waals surface area (Å²) in [7, 11) is 0. The van der Waals surface area contributed by atoms with Crippen LogP contribution in [0.4, 0.5) is 4.79 Å². The third kappa shape index (κ3) is 7.14. The smallest absolute Gasteiger partial charge is 0.408 e. The van der Waals surface area contributed by atoms with E-state index in [-0.39, 0.29) is 0 Å². The molecule has 0 spiro atoms. The topological polar surface area (TPSA) is 75.6 Å². The molecule has 0 aliphatic rings. The standard InChI is InChI=1S/C13H25NO4/c1-6-9(7-2)8-10(11(15)16)14-12(17)18-13(3,4)5/h9-10H,6-8H2,1-5H3,(H,14,17)(H,15,16)/t10-/m1/s1. The van der Waals surface area contributed by atoms with Gasteiger partial charge in [0.25, 0.3) is 0 Å². The Labute approximate surface area is 109 Å². The minimum absolute atomic E-state index is 0.293. The average Bonchev–Trinajstić information content (AvgIpc) is 2.21. The van der Waals surface area contributed by atoms with E-state index in [0.29, 0.717) is 12.3 Å². The van der Waals surface area contributed by atoms with E-state index in [1.54, 1.807) is 20.8 Å². The molecule has 5 nitrogen and oxygen atoms in total. The van der Waals surface area contributed by atoms with Gasteiger partial charge in [-0.15, -0.1) is 0 Å². The van der Waals surface area contributed by atoms with Gasteiger partial charge in [-0.05, 0) is 33.1 Å². The lowest BCUT2D eigenvalue weighted by molar-refractivity contribution is -0.140. The van der Waals surface area contributed by atoms with Crippen LogP contribution in [-0.4, -0.2) is 28.8 Å². The summed E-state index contributed by atoms with van der Waals surface area (Å²) in [5.74, 6) is -0.728. The Balaban J connectivity index is 4.45. The van der Waals surface area contributed by atoms with Crippen LogP contribution in [0.5, 0.6) is 0 Å². The number of carboxylic acids is 1. The number of nitrogens with one attached hydrogen (secondary N) is 1. The van der Waals surface area contributed by atoms with Gasteiger partial charge in [0.05, 0.1) is 0 Å². The van der Waals surface area contributed by atoms with E-state index in [9.17, 15) is 9.59 Å². The molecule has 0 unspecified atom stereocenters. The molecule has 5 heteroatoms. The molecular formula is C13H25NO4. The molecule has 0 aliphatic heterocycles. The molecule has 0 saturated carbocycles. The number of amides is 1. The van der Waals surface area contributed by atoms with Crippen molar-refractivity contribution in [3.05, 3.63) is 0 Å². The fourth-order valence-electron chi connectivity index (χ4n) is 1.63. The Bertz CT molecular complexity index is 279. The van der Waals surface area contributed by atoms with Gasteiger partial charge in [-0.3, -0.25) is 0 Å². The number of hydrogen-bond donors (Lipinski definition) is 2. The van der Waals surface area contributed by atoms with E-state index >= 15 is 0 Å². The van der Waals surface area contributed by atoms with Crippen LogP contribution in [-0.2, 0) is 9.53 Å². The van der Waals surface area contributed by atoms with Crippen molar-refractivity contribution >= 4 is 12.1 Å². The van der Waals surface area contributed by atoms with Crippen LogP contribution in [0.25, 0.3) is 0 Å². The lowest BCUT2D eigenvalue weighted by atomic mass is 9.95. The van der Waals surface area contributed by atoms with E-state index < -0.39 is 23.7 Å². The van der Waals surface area contributed by atoms with Crippen molar-refractivity contribution in [1.82, 2.24) is 5.32 Å². The molecule has 0 aliphatic carbocycles. The number of ether oxygens (including phenoxy) is 1. The van der Waals surface area contributed by atoms with E-state index in [1.165, 1.54) is 0 Å². The Morgan fingerprint density at radius 2 is 1.72 bits per heavy atom. The van der Waals surface area contributed by atoms with Gasteiger partial charge >= 0.3 is 12.1 Å². The molecule has 0 bridgehead atoms. The van der Waals surface area contributed by atoms with Crippen molar-refractivity contribution in [2.24, 2.45) is 5.92 Å². The second kappa shape index (κ2) is 7.24. The Morgan fingerprint density at radius 1 is 1.22 bits per heavy atom. The summed E-state index contributed by atoms with van der Waals surface area (Å²) in [6.45, 7) is 9.25. The van der Waals surface area contributed by atoms with Crippen molar-refractivity contribution in [1.29, 1.82) is 0 Å². The first-order valence-corrected chi connectivity index (χ1v) is 6.41. The highest BCUT2D eigenvalue weighted by Gasteiger charge is 2.25. The number of rotatable bonds is 6. The molecule has 0 fully saturated rings. The number of hydrogen-bond acceptors (Lipinski definition) is 3. The molecule has 0 heterocycles. The van der Waals surface area contributed by atoms with Crippen LogP contribution < -0.4 is 5.32 Å². The monoisotopic (exact) mass is 259 g/mol. The molecule has 1 amide bonds. The number of alkyl carbamates (subject to hydrolysis) is 1. The van der Waals surface area contributed by atoms with Crippen LogP contribution in [0.15, 0.2) is 0 Å². The minimum Gasteiger partial charge on any atom is -0.480 e. The fourth-order valence-corrected chi connectivity index (χ4v) is 1.63. The van der Waals surface area contributed by atoms with Gasteiger partial charge in [0, 0.05) is 0 Å². The highest BCUT2D eigenvalue weighted by Crippen LogP contribution is 2.16. The summed E-state index contributed by atoms with van der Waals surface area (Å²) in [5.41, 5.74) is -0.623. The summed E-state index contributed by atoms with van der Waals surface area (Å²) < 4.78 is 5.05. The van der Waals surface area contributed by atoms with Gasteiger partial charge < -0.3 is 15.2 Å². The van der Waals surface area contributed by atoms with Crippen LogP contribution in [0.2, 0.25) is 0 Å². The Kier molecular flexibility index (Phi) is 6.73. The summed E-state index contributed by atoms with van der Waals surface area (Å²) in [4.78, 5) is 22.6. The largest absolute Gasteiger partial charge is 0.480 e. The lowest BCUT2D eigenvalue weighted by Crippen LogP contribution is -2.44. The van der Waals surface area contributed by atoms with Crippen LogP contribution in [0.3, 0.4) is 0 Å². The predicted octanol–water partition coefficient (Wildman–Crippen LogP) is 2.79. The van der Waals surface area contributed by atoms with Gasteiger partial charge in [-0.1, -0.05) is 26.7 Å². The molecule has 0 aromatic rings. The quantitative estimate of drug-likeness (QED) is 0.769. The van der Waals surface area contributed by atoms with Crippen molar-refractivity contribution in [2.75, 3.05) is 0 Å². The first-order chi connectivity index (χ1) is 8.19. The lowest BCUT2D eigenvalue weighted by Gasteiger charge is -2.23. The number of aliphatic carboxylic acids is 1. The highest BCUT2D eigenvalue weighted by atomic mass is 16.6. The van der Waals surface area contributed by atoms with Gasteiger partial charge in [0.1, 0.15) is 11.6 Å². The normalized spacial score (nSPS) is 13.2. The molecule has 0 aromatic heterocycles. The number of carboxylic acid groups (broad SMARTS) is 1. The summed E-state index contributed by atoms with van der Waals surface area (Å²) in [6, 6.07) is -0.884. The van der Waals surface area contributed by atoms with Gasteiger partial charge in [-0.2, -0.15) is 0 Å². The Hall–Kier alpha value is -1.26. The molecule has 18 heavy (non-hydrogen) atoms. The first kappa shape index (κ1) is 16.7. The maximum atomic E-state index is 11.5. The molecule has 0 rings (SSSR count). The predicted molar refractivity (Wildman–Crippen MR) is 69.5 cm³/mol. The van der Waals surface area contributed by atoms with Crippen molar-refractivity contribution in [3.8, 4) is 0 Å². The zero-order chi connectivity index (χ0) is 14.3. The minimum atomic E-state index is -1.02.